The first-order valence-corrected chi connectivity index (χ1v) is 7.68. The molecule has 4 atom stereocenters. The number of rotatable bonds is 3. The molecule has 0 bridgehead atoms. The lowest BCUT2D eigenvalue weighted by atomic mass is 9.95. The van der Waals surface area contributed by atoms with E-state index in [9.17, 15) is 9.59 Å². The molecule has 0 spiro atoms. The summed E-state index contributed by atoms with van der Waals surface area (Å²) in [4.78, 5) is 26.5. The summed E-state index contributed by atoms with van der Waals surface area (Å²) in [5.41, 5.74) is 0. The van der Waals surface area contributed by atoms with E-state index in [4.69, 9.17) is 0 Å². The third-order valence-electron chi connectivity index (χ3n) is 5.26. The van der Waals surface area contributed by atoms with Crippen molar-refractivity contribution < 1.29 is 9.59 Å². The Kier molecular flexibility index (Phi) is 3.27. The molecule has 4 nitrogen and oxygen atoms in total. The van der Waals surface area contributed by atoms with E-state index in [-0.39, 0.29) is 23.9 Å². The van der Waals surface area contributed by atoms with Gasteiger partial charge in [-0.15, -0.1) is 0 Å². The van der Waals surface area contributed by atoms with E-state index < -0.39 is 0 Å². The number of hydrogen-bond acceptors (Lipinski definition) is 2. The zero-order chi connectivity index (χ0) is 13.6. The number of hydrogen-bond donors (Lipinski definition) is 1. The fraction of sp³-hybridized carbons (Fsp3) is 0.867. The average Bonchev–Trinajstić information content (AvgIpc) is 3.14. The molecular formula is C15H24N2O2. The fourth-order valence-corrected chi connectivity index (χ4v) is 3.59. The molecule has 3 fully saturated rings. The fourth-order valence-electron chi connectivity index (χ4n) is 3.59. The summed E-state index contributed by atoms with van der Waals surface area (Å²) in [7, 11) is 0. The highest BCUT2D eigenvalue weighted by Crippen LogP contribution is 2.37. The Labute approximate surface area is 114 Å². The van der Waals surface area contributed by atoms with Crippen molar-refractivity contribution in [2.75, 3.05) is 6.54 Å². The number of amides is 2. The molecule has 0 radical (unpaired) electrons. The molecule has 0 aromatic carbocycles. The Balaban J connectivity index is 1.72. The Hall–Kier alpha value is -1.06. The van der Waals surface area contributed by atoms with Gasteiger partial charge in [-0.3, -0.25) is 9.59 Å². The predicted molar refractivity (Wildman–Crippen MR) is 72.3 cm³/mol. The summed E-state index contributed by atoms with van der Waals surface area (Å²) < 4.78 is 0. The van der Waals surface area contributed by atoms with Gasteiger partial charge >= 0.3 is 0 Å². The molecule has 4 unspecified atom stereocenters. The quantitative estimate of drug-likeness (QED) is 0.840. The van der Waals surface area contributed by atoms with Crippen molar-refractivity contribution in [1.82, 2.24) is 10.2 Å². The van der Waals surface area contributed by atoms with Crippen LogP contribution in [-0.4, -0.2) is 35.3 Å². The molecule has 0 aromatic rings. The first kappa shape index (κ1) is 12.9. The largest absolute Gasteiger partial charge is 0.342 e. The summed E-state index contributed by atoms with van der Waals surface area (Å²) >= 11 is 0. The molecule has 1 saturated heterocycles. The van der Waals surface area contributed by atoms with Crippen molar-refractivity contribution in [2.24, 2.45) is 17.8 Å². The van der Waals surface area contributed by atoms with Gasteiger partial charge in [-0.05, 0) is 43.9 Å². The highest BCUT2D eigenvalue weighted by atomic mass is 16.2. The van der Waals surface area contributed by atoms with Crippen molar-refractivity contribution in [3.63, 3.8) is 0 Å². The molecule has 3 aliphatic rings. The van der Waals surface area contributed by atoms with Crippen LogP contribution in [0.25, 0.3) is 0 Å². The van der Waals surface area contributed by atoms with E-state index in [0.29, 0.717) is 17.8 Å². The van der Waals surface area contributed by atoms with E-state index in [1.165, 1.54) is 19.3 Å². The summed E-state index contributed by atoms with van der Waals surface area (Å²) in [5, 5.41) is 2.91. The van der Waals surface area contributed by atoms with Gasteiger partial charge in [-0.1, -0.05) is 19.8 Å². The minimum Gasteiger partial charge on any atom is -0.342 e. The SMILES string of the molecule is CC1CCCC1CN1C(=O)C(C2CC2)NC(=O)C1C. The van der Waals surface area contributed by atoms with Crippen LogP contribution in [0.5, 0.6) is 0 Å². The smallest absolute Gasteiger partial charge is 0.246 e. The number of nitrogens with zero attached hydrogens (tertiary/aromatic N) is 1. The summed E-state index contributed by atoms with van der Waals surface area (Å²) in [6.45, 7) is 4.91. The van der Waals surface area contributed by atoms with E-state index in [0.717, 1.165) is 19.4 Å². The van der Waals surface area contributed by atoms with Crippen LogP contribution in [0.15, 0.2) is 0 Å². The molecule has 1 N–H and O–H groups in total. The molecule has 4 heteroatoms. The summed E-state index contributed by atoms with van der Waals surface area (Å²) in [6, 6.07) is -0.532. The van der Waals surface area contributed by atoms with Crippen molar-refractivity contribution in [2.45, 2.75) is 58.0 Å². The molecule has 106 valence electrons. The Morgan fingerprint density at radius 3 is 2.47 bits per heavy atom. The van der Waals surface area contributed by atoms with Gasteiger partial charge in [0, 0.05) is 6.54 Å². The van der Waals surface area contributed by atoms with Gasteiger partial charge in [0.25, 0.3) is 0 Å². The van der Waals surface area contributed by atoms with E-state index >= 15 is 0 Å². The van der Waals surface area contributed by atoms with Gasteiger partial charge in [-0.2, -0.15) is 0 Å². The van der Waals surface area contributed by atoms with Crippen LogP contribution in [0, 0.1) is 17.8 Å². The maximum absolute atomic E-state index is 12.6. The van der Waals surface area contributed by atoms with Crippen molar-refractivity contribution in [3.8, 4) is 0 Å². The van der Waals surface area contributed by atoms with Crippen LogP contribution in [0.2, 0.25) is 0 Å². The predicted octanol–water partition coefficient (Wildman–Crippen LogP) is 1.55. The molecule has 2 saturated carbocycles. The third kappa shape index (κ3) is 2.37. The Bertz CT molecular complexity index is 392. The molecule has 2 aliphatic carbocycles. The van der Waals surface area contributed by atoms with Crippen molar-refractivity contribution >= 4 is 11.8 Å². The number of nitrogens with one attached hydrogen (secondary N) is 1. The van der Waals surface area contributed by atoms with Crippen molar-refractivity contribution in [1.29, 1.82) is 0 Å². The highest BCUT2D eigenvalue weighted by molar-refractivity contribution is 5.97. The van der Waals surface area contributed by atoms with Gasteiger partial charge in [-0.25, -0.2) is 0 Å². The molecule has 1 heterocycles. The lowest BCUT2D eigenvalue weighted by molar-refractivity contribution is -0.150. The van der Waals surface area contributed by atoms with Gasteiger partial charge in [0.1, 0.15) is 12.1 Å². The van der Waals surface area contributed by atoms with E-state index in [2.05, 4.69) is 12.2 Å². The van der Waals surface area contributed by atoms with Crippen LogP contribution < -0.4 is 5.32 Å². The van der Waals surface area contributed by atoms with E-state index in [1.807, 2.05) is 11.8 Å². The van der Waals surface area contributed by atoms with Crippen molar-refractivity contribution in [3.05, 3.63) is 0 Å². The minimum absolute atomic E-state index is 0.0298. The summed E-state index contributed by atoms with van der Waals surface area (Å²) in [5.74, 6) is 1.85. The highest BCUT2D eigenvalue weighted by Gasteiger charge is 2.46. The second kappa shape index (κ2) is 4.80. The first-order chi connectivity index (χ1) is 9.08. The van der Waals surface area contributed by atoms with Gasteiger partial charge in [0.05, 0.1) is 0 Å². The Morgan fingerprint density at radius 1 is 1.16 bits per heavy atom. The molecule has 0 aromatic heterocycles. The maximum Gasteiger partial charge on any atom is 0.246 e. The zero-order valence-corrected chi connectivity index (χ0v) is 11.9. The number of carbonyl (C=O) groups excluding carboxylic acids is 2. The van der Waals surface area contributed by atoms with E-state index in [1.54, 1.807) is 0 Å². The van der Waals surface area contributed by atoms with Crippen LogP contribution >= 0.6 is 0 Å². The second-order valence-electron chi connectivity index (χ2n) is 6.66. The molecule has 1 aliphatic heterocycles. The molecular weight excluding hydrogens is 240 g/mol. The monoisotopic (exact) mass is 264 g/mol. The van der Waals surface area contributed by atoms with Crippen LogP contribution in [0.4, 0.5) is 0 Å². The van der Waals surface area contributed by atoms with Crippen LogP contribution in [0.3, 0.4) is 0 Å². The maximum atomic E-state index is 12.6. The van der Waals surface area contributed by atoms with Gasteiger partial charge in [0.15, 0.2) is 0 Å². The molecule has 19 heavy (non-hydrogen) atoms. The van der Waals surface area contributed by atoms with Crippen LogP contribution in [0.1, 0.15) is 46.0 Å². The zero-order valence-electron chi connectivity index (χ0n) is 11.9. The lowest BCUT2D eigenvalue weighted by Crippen LogP contribution is -2.63. The standard InChI is InChI=1S/C15H24N2O2/c1-9-4-3-5-12(9)8-17-10(2)14(18)16-13(15(17)19)11-6-7-11/h9-13H,3-8H2,1-2H3,(H,16,18). The molecule has 3 rings (SSSR count). The topological polar surface area (TPSA) is 49.4 Å². The number of piperazine rings is 1. The minimum atomic E-state index is -0.296. The second-order valence-corrected chi connectivity index (χ2v) is 6.66. The molecule has 2 amide bonds. The van der Waals surface area contributed by atoms with Crippen LogP contribution in [-0.2, 0) is 9.59 Å². The average molecular weight is 264 g/mol. The normalized spacial score (nSPS) is 39.6. The lowest BCUT2D eigenvalue weighted by Gasteiger charge is -2.39. The first-order valence-electron chi connectivity index (χ1n) is 7.68. The van der Waals surface area contributed by atoms with Gasteiger partial charge < -0.3 is 10.2 Å². The van der Waals surface area contributed by atoms with Gasteiger partial charge in [0.2, 0.25) is 11.8 Å². The number of carbonyl (C=O) groups is 2. The summed E-state index contributed by atoms with van der Waals surface area (Å²) in [6.07, 6.45) is 5.89. The Morgan fingerprint density at radius 2 is 1.89 bits per heavy atom. The third-order valence-corrected chi connectivity index (χ3v) is 5.26.